The number of nitrogens with two attached hydrogens (primary N) is 1. The zero-order chi connectivity index (χ0) is 16.2. The van der Waals surface area contributed by atoms with Gasteiger partial charge in [0.15, 0.2) is 11.5 Å². The summed E-state index contributed by atoms with van der Waals surface area (Å²) in [6.07, 6.45) is 1.68. The minimum atomic E-state index is -0.487. The van der Waals surface area contributed by atoms with E-state index in [1.54, 1.807) is 0 Å². The first-order valence-electron chi connectivity index (χ1n) is 8.18. The molecule has 6 nitrogen and oxygen atoms in total. The zero-order valence-electron chi connectivity index (χ0n) is 13.8. The largest absolute Gasteiger partial charge is 0.486 e. The standard InChI is InChI=1S/C17H24N2O4.ClH/c1-11(13-2-3-14-15(10-13)23-9-8-22-14)19-17(20)16(18)12-4-6-21-7-5-12;/h2-3,10-12,16H,4-9,18H2,1H3,(H,19,20);1H. The van der Waals surface area contributed by atoms with Gasteiger partial charge in [0, 0.05) is 13.2 Å². The fourth-order valence-electron chi connectivity index (χ4n) is 3.01. The molecule has 2 unspecified atom stereocenters. The fraction of sp³-hybridized carbons (Fsp3) is 0.588. The quantitative estimate of drug-likeness (QED) is 0.859. The van der Waals surface area contributed by atoms with E-state index in [4.69, 9.17) is 19.9 Å². The zero-order valence-corrected chi connectivity index (χ0v) is 14.6. The third kappa shape index (κ3) is 4.32. The maximum absolute atomic E-state index is 12.4. The summed E-state index contributed by atoms with van der Waals surface area (Å²) in [5.74, 6) is 1.55. The van der Waals surface area contributed by atoms with Crippen LogP contribution >= 0.6 is 12.4 Å². The van der Waals surface area contributed by atoms with Crippen molar-refractivity contribution in [1.29, 1.82) is 0 Å². The van der Waals surface area contributed by atoms with Crippen molar-refractivity contribution in [2.45, 2.75) is 31.8 Å². The number of rotatable bonds is 4. The average Bonchev–Trinajstić information content (AvgIpc) is 2.61. The highest BCUT2D eigenvalue weighted by Crippen LogP contribution is 2.32. The van der Waals surface area contributed by atoms with Crippen molar-refractivity contribution in [3.63, 3.8) is 0 Å². The van der Waals surface area contributed by atoms with Crippen LogP contribution in [0.3, 0.4) is 0 Å². The minimum Gasteiger partial charge on any atom is -0.486 e. The molecule has 2 aliphatic rings. The monoisotopic (exact) mass is 356 g/mol. The molecular weight excluding hydrogens is 332 g/mol. The second-order valence-corrected chi connectivity index (χ2v) is 6.11. The number of carbonyl (C=O) groups is 1. The van der Waals surface area contributed by atoms with Crippen molar-refractivity contribution in [1.82, 2.24) is 5.32 Å². The molecule has 0 bridgehead atoms. The molecule has 3 rings (SSSR count). The van der Waals surface area contributed by atoms with E-state index < -0.39 is 6.04 Å². The highest BCUT2D eigenvalue weighted by molar-refractivity contribution is 5.85. The molecule has 0 spiro atoms. The Kier molecular flexibility index (Phi) is 6.71. The summed E-state index contributed by atoms with van der Waals surface area (Å²) in [6.45, 7) is 4.43. The molecule has 1 aromatic rings. The molecule has 2 aliphatic heterocycles. The Balaban J connectivity index is 0.00000208. The SMILES string of the molecule is CC(NC(=O)C(N)C1CCOCC1)c1ccc2c(c1)OCCO2.Cl. The van der Waals surface area contributed by atoms with Crippen LogP contribution in [0.1, 0.15) is 31.4 Å². The van der Waals surface area contributed by atoms with E-state index in [0.29, 0.717) is 26.4 Å². The Morgan fingerprint density at radius 3 is 2.54 bits per heavy atom. The van der Waals surface area contributed by atoms with Gasteiger partial charge in [-0.2, -0.15) is 0 Å². The van der Waals surface area contributed by atoms with Crippen molar-refractivity contribution in [3.8, 4) is 11.5 Å². The van der Waals surface area contributed by atoms with E-state index >= 15 is 0 Å². The molecular formula is C17H25ClN2O4. The second-order valence-electron chi connectivity index (χ2n) is 6.11. The first kappa shape index (κ1) is 18.8. The molecule has 1 saturated heterocycles. The Morgan fingerprint density at radius 1 is 1.17 bits per heavy atom. The Hall–Kier alpha value is -1.50. The van der Waals surface area contributed by atoms with Gasteiger partial charge in [-0.1, -0.05) is 6.07 Å². The van der Waals surface area contributed by atoms with Gasteiger partial charge in [-0.05, 0) is 43.4 Å². The van der Waals surface area contributed by atoms with Crippen molar-refractivity contribution in [2.75, 3.05) is 26.4 Å². The summed E-state index contributed by atoms with van der Waals surface area (Å²) in [7, 11) is 0. The molecule has 0 aliphatic carbocycles. The fourth-order valence-corrected chi connectivity index (χ4v) is 3.01. The summed E-state index contributed by atoms with van der Waals surface area (Å²) in [5.41, 5.74) is 7.09. The molecule has 3 N–H and O–H groups in total. The van der Waals surface area contributed by atoms with Gasteiger partial charge in [-0.25, -0.2) is 0 Å². The van der Waals surface area contributed by atoms with Gasteiger partial charge in [0.1, 0.15) is 13.2 Å². The minimum absolute atomic E-state index is 0. The van der Waals surface area contributed by atoms with Gasteiger partial charge in [-0.15, -0.1) is 12.4 Å². The Bertz CT molecular complexity index is 564. The number of halogens is 1. The lowest BCUT2D eigenvalue weighted by molar-refractivity contribution is -0.125. The number of benzene rings is 1. The number of ether oxygens (including phenoxy) is 3. The van der Waals surface area contributed by atoms with Crippen LogP contribution < -0.4 is 20.5 Å². The third-order valence-corrected chi connectivity index (χ3v) is 4.50. The molecule has 24 heavy (non-hydrogen) atoms. The third-order valence-electron chi connectivity index (χ3n) is 4.50. The van der Waals surface area contributed by atoms with Crippen LogP contribution in [0.25, 0.3) is 0 Å². The molecule has 1 fully saturated rings. The van der Waals surface area contributed by atoms with Crippen molar-refractivity contribution in [3.05, 3.63) is 23.8 Å². The number of amides is 1. The summed E-state index contributed by atoms with van der Waals surface area (Å²) in [4.78, 5) is 12.4. The lowest BCUT2D eigenvalue weighted by Crippen LogP contribution is -2.47. The van der Waals surface area contributed by atoms with Gasteiger partial charge in [0.05, 0.1) is 12.1 Å². The summed E-state index contributed by atoms with van der Waals surface area (Å²) >= 11 is 0. The van der Waals surface area contributed by atoms with E-state index in [1.165, 1.54) is 0 Å². The van der Waals surface area contributed by atoms with Crippen molar-refractivity contribution < 1.29 is 19.0 Å². The molecule has 134 valence electrons. The molecule has 0 radical (unpaired) electrons. The topological polar surface area (TPSA) is 82.8 Å². The molecule has 1 aromatic carbocycles. The van der Waals surface area contributed by atoms with E-state index in [0.717, 1.165) is 29.9 Å². The van der Waals surface area contributed by atoms with Crippen LogP contribution in [0.5, 0.6) is 11.5 Å². The van der Waals surface area contributed by atoms with Crippen LogP contribution in [0.2, 0.25) is 0 Å². The number of hydrogen-bond donors (Lipinski definition) is 2. The first-order valence-corrected chi connectivity index (χ1v) is 8.18. The lowest BCUT2D eigenvalue weighted by atomic mass is 9.91. The van der Waals surface area contributed by atoms with E-state index in [2.05, 4.69) is 5.32 Å². The lowest BCUT2D eigenvalue weighted by Gasteiger charge is -2.28. The van der Waals surface area contributed by atoms with Gasteiger partial charge < -0.3 is 25.3 Å². The number of carbonyl (C=O) groups excluding carboxylic acids is 1. The Labute approximate surface area is 148 Å². The van der Waals surface area contributed by atoms with Crippen LogP contribution in [0.15, 0.2) is 18.2 Å². The van der Waals surface area contributed by atoms with E-state index in [9.17, 15) is 4.79 Å². The van der Waals surface area contributed by atoms with Crippen LogP contribution in [0, 0.1) is 5.92 Å². The van der Waals surface area contributed by atoms with Crippen molar-refractivity contribution in [2.24, 2.45) is 11.7 Å². The normalized spacial score (nSPS) is 19.8. The molecule has 1 amide bonds. The van der Waals surface area contributed by atoms with Crippen molar-refractivity contribution >= 4 is 18.3 Å². The molecule has 2 heterocycles. The predicted molar refractivity (Wildman–Crippen MR) is 92.8 cm³/mol. The van der Waals surface area contributed by atoms with Gasteiger partial charge in [-0.3, -0.25) is 4.79 Å². The maximum Gasteiger partial charge on any atom is 0.237 e. The van der Waals surface area contributed by atoms with E-state index in [1.807, 2.05) is 25.1 Å². The summed E-state index contributed by atoms with van der Waals surface area (Å²) in [6, 6.07) is 5.12. The average molecular weight is 357 g/mol. The smallest absolute Gasteiger partial charge is 0.237 e. The van der Waals surface area contributed by atoms with Crippen LogP contribution in [0.4, 0.5) is 0 Å². The second kappa shape index (κ2) is 8.55. The van der Waals surface area contributed by atoms with E-state index in [-0.39, 0.29) is 30.3 Å². The highest BCUT2D eigenvalue weighted by Gasteiger charge is 2.27. The molecule has 0 saturated carbocycles. The number of fused-ring (bicyclic) bond motifs is 1. The Morgan fingerprint density at radius 2 is 1.83 bits per heavy atom. The molecule has 2 atom stereocenters. The summed E-state index contributed by atoms with van der Waals surface area (Å²) in [5, 5.41) is 3.00. The number of hydrogen-bond acceptors (Lipinski definition) is 5. The molecule has 0 aromatic heterocycles. The highest BCUT2D eigenvalue weighted by atomic mass is 35.5. The van der Waals surface area contributed by atoms with Gasteiger partial charge in [0.2, 0.25) is 5.91 Å². The van der Waals surface area contributed by atoms with Gasteiger partial charge >= 0.3 is 0 Å². The molecule has 7 heteroatoms. The maximum atomic E-state index is 12.4. The predicted octanol–water partition coefficient (Wildman–Crippen LogP) is 1.81. The first-order chi connectivity index (χ1) is 11.1. The number of nitrogens with one attached hydrogen (secondary N) is 1. The van der Waals surface area contributed by atoms with Gasteiger partial charge in [0.25, 0.3) is 0 Å². The summed E-state index contributed by atoms with van der Waals surface area (Å²) < 4.78 is 16.4. The van der Waals surface area contributed by atoms with Crippen LogP contribution in [-0.2, 0) is 9.53 Å². The van der Waals surface area contributed by atoms with Crippen LogP contribution in [-0.4, -0.2) is 38.4 Å².